The molecule has 0 fully saturated rings. The van der Waals surface area contributed by atoms with E-state index in [1.165, 1.54) is 0 Å². The Morgan fingerprint density at radius 2 is 1.96 bits per heavy atom. The Hall–Kier alpha value is -2.73. The Morgan fingerprint density at radius 1 is 1.25 bits per heavy atom. The van der Waals surface area contributed by atoms with Crippen LogP contribution >= 0.6 is 0 Å². The summed E-state index contributed by atoms with van der Waals surface area (Å²) in [4.78, 5) is 13.7. The van der Waals surface area contributed by atoms with Gasteiger partial charge in [0.25, 0.3) is 0 Å². The largest absolute Gasteiger partial charge is 0.490 e. The van der Waals surface area contributed by atoms with E-state index in [2.05, 4.69) is 4.90 Å². The average Bonchev–Trinajstić information content (AvgIpc) is 2.67. The molecule has 0 saturated carbocycles. The number of benzene rings is 2. The Labute approximate surface area is 165 Å². The molecular formula is C22H27NO5. The van der Waals surface area contributed by atoms with Crippen molar-refractivity contribution in [3.63, 3.8) is 0 Å². The number of nitrogens with zero attached hydrogens (tertiary/aromatic N) is 1. The van der Waals surface area contributed by atoms with Gasteiger partial charge in [-0.1, -0.05) is 24.3 Å². The van der Waals surface area contributed by atoms with Crippen LogP contribution in [-0.2, 0) is 16.0 Å². The van der Waals surface area contributed by atoms with Crippen LogP contribution in [0.2, 0.25) is 0 Å². The summed E-state index contributed by atoms with van der Waals surface area (Å²) in [5.74, 6) is 0.625. The number of carboxylic acid groups (broad SMARTS) is 1. The summed E-state index contributed by atoms with van der Waals surface area (Å²) >= 11 is 0. The van der Waals surface area contributed by atoms with E-state index in [0.29, 0.717) is 19.6 Å². The lowest BCUT2D eigenvalue weighted by molar-refractivity contribution is -0.162. The first-order valence-electron chi connectivity index (χ1n) is 9.47. The minimum atomic E-state index is -1.23. The zero-order valence-corrected chi connectivity index (χ0v) is 16.6. The third-order valence-electron chi connectivity index (χ3n) is 4.86. The predicted octanol–water partition coefficient (Wildman–Crippen LogP) is 3.39. The molecule has 6 heteroatoms. The number of anilines is 1. The van der Waals surface area contributed by atoms with E-state index in [1.807, 2.05) is 55.6 Å². The molecule has 28 heavy (non-hydrogen) atoms. The van der Waals surface area contributed by atoms with Gasteiger partial charge in [-0.05, 0) is 43.7 Å². The van der Waals surface area contributed by atoms with Crippen LogP contribution in [-0.4, -0.2) is 49.6 Å². The molecule has 0 saturated heterocycles. The zero-order chi connectivity index (χ0) is 20.1. The molecule has 2 unspecified atom stereocenters. The second-order valence-electron chi connectivity index (χ2n) is 7.19. The highest BCUT2D eigenvalue weighted by atomic mass is 16.5. The highest BCUT2D eigenvalue weighted by molar-refractivity contribution is 5.77. The Morgan fingerprint density at radius 3 is 2.64 bits per heavy atom. The summed E-state index contributed by atoms with van der Waals surface area (Å²) in [5.41, 5.74) is 0.734. The van der Waals surface area contributed by atoms with Crippen LogP contribution in [0, 0.1) is 0 Å². The molecule has 1 aliphatic rings. The summed E-state index contributed by atoms with van der Waals surface area (Å²) in [6.07, 6.45) is 0.233. The first kappa shape index (κ1) is 20.0. The van der Waals surface area contributed by atoms with Gasteiger partial charge < -0.3 is 24.2 Å². The molecule has 2 aromatic carbocycles. The Balaban J connectivity index is 1.57. The van der Waals surface area contributed by atoms with Gasteiger partial charge in [-0.2, -0.15) is 0 Å². The van der Waals surface area contributed by atoms with Crippen molar-refractivity contribution >= 4 is 11.7 Å². The fourth-order valence-corrected chi connectivity index (χ4v) is 3.37. The molecule has 2 aromatic rings. The molecule has 1 aliphatic heterocycles. The van der Waals surface area contributed by atoms with Crippen molar-refractivity contribution in [3.05, 3.63) is 54.1 Å². The van der Waals surface area contributed by atoms with Crippen molar-refractivity contribution in [2.75, 3.05) is 31.7 Å². The van der Waals surface area contributed by atoms with Gasteiger partial charge in [0.05, 0.1) is 12.2 Å². The number of carboxylic acids is 1. The second-order valence-corrected chi connectivity index (χ2v) is 7.19. The molecule has 0 aliphatic carbocycles. The first-order valence-corrected chi connectivity index (χ1v) is 9.47. The molecule has 150 valence electrons. The van der Waals surface area contributed by atoms with Gasteiger partial charge in [0, 0.05) is 20.1 Å². The highest BCUT2D eigenvalue weighted by Crippen LogP contribution is 2.32. The number of fused-ring (bicyclic) bond motifs is 1. The van der Waals surface area contributed by atoms with Gasteiger partial charge >= 0.3 is 5.97 Å². The standard InChI is InChI=1S/C22H27NO5/c1-4-27-22(2,21(24)25)13-16-9-11-17(12-10-16)26-15-18-14-23(3)19-7-5-6-8-20(19)28-18/h5-12,18H,4,13-15H2,1-3H3,(H,24,25). The highest BCUT2D eigenvalue weighted by Gasteiger charge is 2.34. The fraction of sp³-hybridized carbons (Fsp3) is 0.409. The smallest absolute Gasteiger partial charge is 0.336 e. The summed E-state index contributed by atoms with van der Waals surface area (Å²) in [5, 5.41) is 9.43. The van der Waals surface area contributed by atoms with Crippen LogP contribution in [0.15, 0.2) is 48.5 Å². The number of likely N-dealkylation sites (N-methyl/N-ethyl adjacent to an activating group) is 1. The average molecular weight is 385 g/mol. The summed E-state index contributed by atoms with van der Waals surface area (Å²) < 4.78 is 17.3. The number of aliphatic carboxylic acids is 1. The van der Waals surface area contributed by atoms with Crippen LogP contribution in [0.4, 0.5) is 5.69 Å². The van der Waals surface area contributed by atoms with Crippen molar-refractivity contribution < 1.29 is 24.1 Å². The van der Waals surface area contributed by atoms with Crippen molar-refractivity contribution in [3.8, 4) is 11.5 Å². The van der Waals surface area contributed by atoms with Crippen LogP contribution in [0.3, 0.4) is 0 Å². The molecular weight excluding hydrogens is 358 g/mol. The maximum absolute atomic E-state index is 11.5. The minimum Gasteiger partial charge on any atom is -0.490 e. The monoisotopic (exact) mass is 385 g/mol. The van der Waals surface area contributed by atoms with E-state index in [0.717, 1.165) is 29.3 Å². The van der Waals surface area contributed by atoms with Gasteiger partial charge in [0.15, 0.2) is 5.60 Å². The molecule has 1 heterocycles. The van der Waals surface area contributed by atoms with Crippen molar-refractivity contribution in [2.45, 2.75) is 32.0 Å². The fourth-order valence-electron chi connectivity index (χ4n) is 3.37. The molecule has 3 rings (SSSR count). The van der Waals surface area contributed by atoms with E-state index in [4.69, 9.17) is 14.2 Å². The molecule has 0 bridgehead atoms. The second kappa shape index (κ2) is 8.52. The SMILES string of the molecule is CCOC(C)(Cc1ccc(OCC2CN(C)c3ccccc3O2)cc1)C(=O)O. The van der Waals surface area contributed by atoms with Crippen molar-refractivity contribution in [1.29, 1.82) is 0 Å². The molecule has 0 amide bonds. The lowest BCUT2D eigenvalue weighted by atomic mass is 9.96. The zero-order valence-electron chi connectivity index (χ0n) is 16.6. The van der Waals surface area contributed by atoms with Crippen LogP contribution < -0.4 is 14.4 Å². The molecule has 0 radical (unpaired) electrons. The van der Waals surface area contributed by atoms with Crippen LogP contribution in [0.5, 0.6) is 11.5 Å². The maximum atomic E-state index is 11.5. The van der Waals surface area contributed by atoms with Gasteiger partial charge in [-0.3, -0.25) is 0 Å². The molecule has 1 N–H and O–H groups in total. The van der Waals surface area contributed by atoms with E-state index in [-0.39, 0.29) is 6.10 Å². The quantitative estimate of drug-likeness (QED) is 0.751. The lowest BCUT2D eigenvalue weighted by Crippen LogP contribution is -2.41. The first-order chi connectivity index (χ1) is 13.4. The van der Waals surface area contributed by atoms with E-state index < -0.39 is 11.6 Å². The van der Waals surface area contributed by atoms with Gasteiger partial charge in [0.1, 0.15) is 24.2 Å². The van der Waals surface area contributed by atoms with E-state index in [9.17, 15) is 9.90 Å². The van der Waals surface area contributed by atoms with Crippen LogP contribution in [0.25, 0.3) is 0 Å². The van der Waals surface area contributed by atoms with Crippen LogP contribution in [0.1, 0.15) is 19.4 Å². The number of rotatable bonds is 8. The van der Waals surface area contributed by atoms with Crippen molar-refractivity contribution in [2.24, 2.45) is 0 Å². The van der Waals surface area contributed by atoms with E-state index >= 15 is 0 Å². The van der Waals surface area contributed by atoms with E-state index in [1.54, 1.807) is 13.8 Å². The lowest BCUT2D eigenvalue weighted by Gasteiger charge is -2.33. The Bertz CT molecular complexity index is 807. The van der Waals surface area contributed by atoms with Gasteiger partial charge in [-0.15, -0.1) is 0 Å². The number of hydrogen-bond donors (Lipinski definition) is 1. The summed E-state index contributed by atoms with van der Waals surface area (Å²) in [7, 11) is 2.04. The number of ether oxygens (including phenoxy) is 3. The Kier molecular flexibility index (Phi) is 6.09. The third kappa shape index (κ3) is 4.57. The molecule has 0 spiro atoms. The van der Waals surface area contributed by atoms with Gasteiger partial charge in [-0.25, -0.2) is 4.79 Å². The molecule has 6 nitrogen and oxygen atoms in total. The molecule has 2 atom stereocenters. The van der Waals surface area contributed by atoms with Crippen molar-refractivity contribution in [1.82, 2.24) is 0 Å². The normalized spacial score (nSPS) is 18.0. The third-order valence-corrected chi connectivity index (χ3v) is 4.86. The summed E-state index contributed by atoms with van der Waals surface area (Å²) in [6, 6.07) is 15.4. The summed E-state index contributed by atoms with van der Waals surface area (Å²) in [6.45, 7) is 4.92. The minimum absolute atomic E-state index is 0.0622. The number of carbonyl (C=O) groups is 1. The van der Waals surface area contributed by atoms with Gasteiger partial charge in [0.2, 0.25) is 0 Å². The topological polar surface area (TPSA) is 68.2 Å². The predicted molar refractivity (Wildman–Crippen MR) is 107 cm³/mol. The number of para-hydroxylation sites is 2. The maximum Gasteiger partial charge on any atom is 0.336 e. The molecule has 0 aromatic heterocycles. The number of hydrogen-bond acceptors (Lipinski definition) is 5.